The summed E-state index contributed by atoms with van der Waals surface area (Å²) in [6.07, 6.45) is 4.24. The molecule has 5 atom stereocenters. The van der Waals surface area contributed by atoms with Gasteiger partial charge < -0.3 is 10.1 Å². The van der Waals surface area contributed by atoms with Crippen LogP contribution in [-0.4, -0.2) is 43.7 Å². The fraction of sp³-hybridized carbons (Fsp3) is 0.682. The molecule has 0 radical (unpaired) electrons. The first-order valence-corrected chi connectivity index (χ1v) is 10.7. The highest BCUT2D eigenvalue weighted by Gasteiger charge is 2.36. The van der Waals surface area contributed by atoms with Gasteiger partial charge in [-0.25, -0.2) is 0 Å². The van der Waals surface area contributed by atoms with E-state index in [0.717, 1.165) is 37.4 Å². The second-order valence-corrected chi connectivity index (χ2v) is 8.72. The summed E-state index contributed by atoms with van der Waals surface area (Å²) in [4.78, 5) is 14.5. The molecule has 2 aliphatic rings. The van der Waals surface area contributed by atoms with Crippen molar-refractivity contribution in [1.82, 2.24) is 10.2 Å². The van der Waals surface area contributed by atoms with E-state index in [1.54, 1.807) is 0 Å². The molecule has 0 spiro atoms. The van der Waals surface area contributed by atoms with E-state index in [0.29, 0.717) is 30.5 Å². The van der Waals surface area contributed by atoms with Gasteiger partial charge in [0, 0.05) is 23.7 Å². The Kier molecular flexibility index (Phi) is 7.18. The maximum absolute atomic E-state index is 12.1. The van der Waals surface area contributed by atoms with E-state index >= 15 is 0 Å². The zero-order valence-electron chi connectivity index (χ0n) is 16.8. The maximum Gasteiger partial charge on any atom is 0.309 e. The minimum atomic E-state index is -0.0121. The van der Waals surface area contributed by atoms with Crippen molar-refractivity contribution < 1.29 is 9.53 Å². The molecule has 1 aliphatic heterocycles. The standard InChI is InChI=1S/C22H33ClN2O2/c1-4-27-22(26)20-9-8-19(12-15(20)2)24-14-17-10-11-25(3)21(17)16-6-5-7-18(23)13-16/h5-7,13,15,17,19-21,24H,4,8-12,14H2,1-3H3. The van der Waals surface area contributed by atoms with Gasteiger partial charge in [-0.2, -0.15) is 0 Å². The van der Waals surface area contributed by atoms with Crippen LogP contribution in [0.4, 0.5) is 0 Å². The molecule has 1 aliphatic carbocycles. The van der Waals surface area contributed by atoms with Crippen molar-refractivity contribution in [2.45, 2.75) is 51.6 Å². The van der Waals surface area contributed by atoms with Crippen LogP contribution in [0, 0.1) is 17.8 Å². The first-order valence-electron chi connectivity index (χ1n) is 10.3. The zero-order valence-corrected chi connectivity index (χ0v) is 17.5. The number of carbonyl (C=O) groups is 1. The summed E-state index contributed by atoms with van der Waals surface area (Å²) >= 11 is 6.22. The van der Waals surface area contributed by atoms with Crippen LogP contribution in [-0.2, 0) is 9.53 Å². The molecule has 1 aromatic carbocycles. The number of nitrogens with one attached hydrogen (secondary N) is 1. The quantitative estimate of drug-likeness (QED) is 0.733. The third-order valence-corrected chi connectivity index (χ3v) is 6.63. The van der Waals surface area contributed by atoms with Crippen LogP contribution >= 0.6 is 11.6 Å². The summed E-state index contributed by atoms with van der Waals surface area (Å²) < 4.78 is 5.24. The van der Waals surface area contributed by atoms with E-state index in [9.17, 15) is 4.79 Å². The highest BCUT2D eigenvalue weighted by Crippen LogP contribution is 2.37. The van der Waals surface area contributed by atoms with Crippen molar-refractivity contribution in [2.75, 3.05) is 26.7 Å². The fourth-order valence-corrected chi connectivity index (χ4v) is 5.15. The lowest BCUT2D eigenvalue weighted by molar-refractivity contribution is -0.151. The Labute approximate surface area is 168 Å². The summed E-state index contributed by atoms with van der Waals surface area (Å²) in [6.45, 7) is 6.68. The molecule has 1 N–H and O–H groups in total. The van der Waals surface area contributed by atoms with Crippen molar-refractivity contribution in [3.05, 3.63) is 34.9 Å². The Morgan fingerprint density at radius 3 is 2.85 bits per heavy atom. The van der Waals surface area contributed by atoms with Crippen LogP contribution in [0.1, 0.15) is 51.1 Å². The summed E-state index contributed by atoms with van der Waals surface area (Å²) in [5.74, 6) is 1.03. The number of hydrogen-bond acceptors (Lipinski definition) is 4. The third-order valence-electron chi connectivity index (χ3n) is 6.39. The number of carbonyl (C=O) groups excluding carboxylic acids is 1. The average molecular weight is 393 g/mol. The highest BCUT2D eigenvalue weighted by molar-refractivity contribution is 6.30. The Hall–Kier alpha value is -1.10. The second-order valence-electron chi connectivity index (χ2n) is 8.28. The zero-order chi connectivity index (χ0) is 19.4. The largest absolute Gasteiger partial charge is 0.466 e. The lowest BCUT2D eigenvalue weighted by Crippen LogP contribution is -2.42. The summed E-state index contributed by atoms with van der Waals surface area (Å²) in [5, 5.41) is 4.62. The van der Waals surface area contributed by atoms with Crippen LogP contribution in [0.3, 0.4) is 0 Å². The third kappa shape index (κ3) is 5.04. The minimum Gasteiger partial charge on any atom is -0.466 e. The Bertz CT molecular complexity index is 638. The van der Waals surface area contributed by atoms with Gasteiger partial charge in [-0.3, -0.25) is 9.69 Å². The van der Waals surface area contributed by atoms with Gasteiger partial charge >= 0.3 is 5.97 Å². The Morgan fingerprint density at radius 2 is 2.15 bits per heavy atom. The predicted octanol–water partition coefficient (Wildman–Crippen LogP) is 4.29. The lowest BCUT2D eigenvalue weighted by atomic mass is 9.78. The second kappa shape index (κ2) is 9.40. The number of esters is 1. The average Bonchev–Trinajstić information content (AvgIpc) is 3.00. The van der Waals surface area contributed by atoms with Gasteiger partial charge in [-0.15, -0.1) is 0 Å². The molecule has 27 heavy (non-hydrogen) atoms. The molecule has 1 aromatic rings. The summed E-state index contributed by atoms with van der Waals surface area (Å²) in [5.41, 5.74) is 1.31. The molecule has 150 valence electrons. The van der Waals surface area contributed by atoms with E-state index in [2.05, 4.69) is 36.3 Å². The topological polar surface area (TPSA) is 41.6 Å². The molecule has 2 fully saturated rings. The van der Waals surface area contributed by atoms with Crippen LogP contribution in [0.5, 0.6) is 0 Å². The SMILES string of the molecule is CCOC(=O)C1CCC(NCC2CCN(C)C2c2cccc(Cl)c2)CC1C. The number of ether oxygens (including phenoxy) is 1. The van der Waals surface area contributed by atoms with E-state index in [4.69, 9.17) is 16.3 Å². The Morgan fingerprint density at radius 1 is 1.33 bits per heavy atom. The van der Waals surface area contributed by atoms with Crippen molar-refractivity contribution in [3.63, 3.8) is 0 Å². The number of rotatable bonds is 6. The normalized spacial score (nSPS) is 31.8. The van der Waals surface area contributed by atoms with Crippen LogP contribution in [0.2, 0.25) is 5.02 Å². The number of halogens is 1. The smallest absolute Gasteiger partial charge is 0.309 e. The number of likely N-dealkylation sites (tertiary alicyclic amines) is 1. The molecule has 4 nitrogen and oxygen atoms in total. The summed E-state index contributed by atoms with van der Waals surface area (Å²) in [7, 11) is 2.21. The maximum atomic E-state index is 12.1. The van der Waals surface area contributed by atoms with Gasteiger partial charge in [-0.1, -0.05) is 30.7 Å². The van der Waals surface area contributed by atoms with Gasteiger partial charge in [-0.05, 0) is 75.7 Å². The molecule has 1 saturated heterocycles. The van der Waals surface area contributed by atoms with Crippen LogP contribution in [0.25, 0.3) is 0 Å². The minimum absolute atomic E-state index is 0.0121. The molecule has 1 heterocycles. The van der Waals surface area contributed by atoms with Crippen molar-refractivity contribution in [3.8, 4) is 0 Å². The molecule has 0 amide bonds. The van der Waals surface area contributed by atoms with Crippen LogP contribution < -0.4 is 5.32 Å². The van der Waals surface area contributed by atoms with Crippen molar-refractivity contribution >= 4 is 17.6 Å². The first-order chi connectivity index (χ1) is 13.0. The summed E-state index contributed by atoms with van der Waals surface area (Å²) in [6, 6.07) is 9.20. The monoisotopic (exact) mass is 392 g/mol. The molecular weight excluding hydrogens is 360 g/mol. The number of nitrogens with zero attached hydrogens (tertiary/aromatic N) is 1. The van der Waals surface area contributed by atoms with E-state index < -0.39 is 0 Å². The van der Waals surface area contributed by atoms with Gasteiger partial charge in [0.25, 0.3) is 0 Å². The number of benzene rings is 1. The van der Waals surface area contributed by atoms with Crippen molar-refractivity contribution in [1.29, 1.82) is 0 Å². The molecule has 3 rings (SSSR count). The molecule has 5 unspecified atom stereocenters. The lowest BCUT2D eigenvalue weighted by Gasteiger charge is -2.34. The van der Waals surface area contributed by atoms with Gasteiger partial charge in [0.2, 0.25) is 0 Å². The molecule has 0 aromatic heterocycles. The van der Waals surface area contributed by atoms with Gasteiger partial charge in [0.05, 0.1) is 12.5 Å². The highest BCUT2D eigenvalue weighted by atomic mass is 35.5. The van der Waals surface area contributed by atoms with Gasteiger partial charge in [0.15, 0.2) is 0 Å². The Balaban J connectivity index is 1.54. The van der Waals surface area contributed by atoms with Crippen LogP contribution in [0.15, 0.2) is 24.3 Å². The first kappa shape index (κ1) is 20.6. The number of hydrogen-bond donors (Lipinski definition) is 1. The van der Waals surface area contributed by atoms with Crippen molar-refractivity contribution in [2.24, 2.45) is 17.8 Å². The fourth-order valence-electron chi connectivity index (χ4n) is 4.96. The van der Waals surface area contributed by atoms with E-state index in [-0.39, 0.29) is 11.9 Å². The van der Waals surface area contributed by atoms with Gasteiger partial charge in [0.1, 0.15) is 0 Å². The molecule has 1 saturated carbocycles. The predicted molar refractivity (Wildman–Crippen MR) is 110 cm³/mol. The molecular formula is C22H33ClN2O2. The molecule has 5 heteroatoms. The molecule has 0 bridgehead atoms. The van der Waals surface area contributed by atoms with E-state index in [1.807, 2.05) is 19.1 Å². The van der Waals surface area contributed by atoms with E-state index in [1.165, 1.54) is 12.0 Å².